The fourth-order valence-electron chi connectivity index (χ4n) is 1.28. The van der Waals surface area contributed by atoms with E-state index in [2.05, 4.69) is 47.1 Å². The van der Waals surface area contributed by atoms with Gasteiger partial charge in [-0.2, -0.15) is 10.2 Å². The van der Waals surface area contributed by atoms with Crippen molar-refractivity contribution in [3.63, 3.8) is 0 Å². The standard InChI is InChI=1S/C12H8Br2FN3/c13-11-6-16-7-12(14)10(11)5-17-18-9-3-1-8(15)2-4-9/h1-4,6-7H,5H2. The molecule has 0 saturated carbocycles. The zero-order valence-electron chi connectivity index (χ0n) is 9.15. The smallest absolute Gasteiger partial charge is 0.123 e. The van der Waals surface area contributed by atoms with Crippen LogP contribution in [-0.4, -0.2) is 4.98 Å². The van der Waals surface area contributed by atoms with Gasteiger partial charge in [0.1, 0.15) is 5.82 Å². The highest BCUT2D eigenvalue weighted by Crippen LogP contribution is 2.25. The molecule has 18 heavy (non-hydrogen) atoms. The second-order valence-electron chi connectivity index (χ2n) is 3.46. The van der Waals surface area contributed by atoms with Crippen LogP contribution in [0.3, 0.4) is 0 Å². The molecular weight excluding hydrogens is 365 g/mol. The second-order valence-corrected chi connectivity index (χ2v) is 5.17. The summed E-state index contributed by atoms with van der Waals surface area (Å²) >= 11 is 6.80. The van der Waals surface area contributed by atoms with Crippen LogP contribution in [0.15, 0.2) is 55.8 Å². The number of hydrogen-bond acceptors (Lipinski definition) is 3. The van der Waals surface area contributed by atoms with Crippen LogP contribution in [0.25, 0.3) is 0 Å². The highest BCUT2D eigenvalue weighted by molar-refractivity contribution is 9.11. The second kappa shape index (κ2) is 6.15. The van der Waals surface area contributed by atoms with Gasteiger partial charge in [-0.15, -0.1) is 0 Å². The normalized spacial score (nSPS) is 11.1. The summed E-state index contributed by atoms with van der Waals surface area (Å²) in [5.41, 5.74) is 1.59. The van der Waals surface area contributed by atoms with Crippen molar-refractivity contribution in [2.75, 3.05) is 0 Å². The number of nitrogens with zero attached hydrogens (tertiary/aromatic N) is 3. The molecule has 0 spiro atoms. The van der Waals surface area contributed by atoms with E-state index in [-0.39, 0.29) is 5.82 Å². The summed E-state index contributed by atoms with van der Waals surface area (Å²) in [5.74, 6) is -0.284. The van der Waals surface area contributed by atoms with Gasteiger partial charge in [0.05, 0.1) is 12.2 Å². The Morgan fingerprint density at radius 1 is 1.06 bits per heavy atom. The van der Waals surface area contributed by atoms with Gasteiger partial charge in [-0.25, -0.2) is 4.39 Å². The predicted octanol–water partition coefficient (Wildman–Crippen LogP) is 5.03. The van der Waals surface area contributed by atoms with Crippen molar-refractivity contribution in [1.82, 2.24) is 4.98 Å². The Labute approximate surface area is 120 Å². The molecule has 0 atom stereocenters. The van der Waals surface area contributed by atoms with Crippen molar-refractivity contribution < 1.29 is 4.39 Å². The third-order valence-corrected chi connectivity index (χ3v) is 3.56. The maximum atomic E-state index is 12.7. The quantitative estimate of drug-likeness (QED) is 0.696. The van der Waals surface area contributed by atoms with Crippen molar-refractivity contribution in [2.45, 2.75) is 6.54 Å². The first-order valence-electron chi connectivity index (χ1n) is 5.08. The topological polar surface area (TPSA) is 37.6 Å². The zero-order valence-corrected chi connectivity index (χ0v) is 12.3. The minimum absolute atomic E-state index is 0.284. The minimum atomic E-state index is -0.284. The molecule has 0 unspecified atom stereocenters. The maximum Gasteiger partial charge on any atom is 0.123 e. The largest absolute Gasteiger partial charge is 0.262 e. The molecule has 1 aromatic heterocycles. The van der Waals surface area contributed by atoms with Gasteiger partial charge in [0.25, 0.3) is 0 Å². The van der Waals surface area contributed by atoms with Crippen LogP contribution >= 0.6 is 31.9 Å². The SMILES string of the molecule is Fc1ccc(N=NCc2c(Br)cncc2Br)cc1. The van der Waals surface area contributed by atoms with Gasteiger partial charge in [0.15, 0.2) is 0 Å². The summed E-state index contributed by atoms with van der Waals surface area (Å²) < 4.78 is 14.4. The first-order chi connectivity index (χ1) is 8.66. The molecule has 0 saturated heterocycles. The number of benzene rings is 1. The molecule has 0 aliphatic carbocycles. The Bertz CT molecular complexity index is 550. The van der Waals surface area contributed by atoms with E-state index in [0.717, 1.165) is 14.5 Å². The van der Waals surface area contributed by atoms with Crippen LogP contribution in [0.1, 0.15) is 5.56 Å². The van der Waals surface area contributed by atoms with E-state index >= 15 is 0 Å². The first-order valence-corrected chi connectivity index (χ1v) is 6.66. The van der Waals surface area contributed by atoms with Gasteiger partial charge in [0, 0.05) is 26.9 Å². The average Bonchev–Trinajstić information content (AvgIpc) is 2.35. The molecule has 1 aromatic carbocycles. The molecule has 2 rings (SSSR count). The van der Waals surface area contributed by atoms with E-state index < -0.39 is 0 Å². The van der Waals surface area contributed by atoms with Gasteiger partial charge in [-0.3, -0.25) is 4.98 Å². The molecule has 0 aliphatic rings. The number of rotatable bonds is 3. The van der Waals surface area contributed by atoms with Crippen molar-refractivity contribution in [3.05, 3.63) is 57.0 Å². The summed E-state index contributed by atoms with van der Waals surface area (Å²) in [6.45, 7) is 0.418. The van der Waals surface area contributed by atoms with E-state index in [4.69, 9.17) is 0 Å². The molecule has 0 amide bonds. The Hall–Kier alpha value is -1.14. The van der Waals surface area contributed by atoms with Gasteiger partial charge in [-0.1, -0.05) is 0 Å². The summed E-state index contributed by atoms with van der Waals surface area (Å²) in [4.78, 5) is 4.01. The van der Waals surface area contributed by atoms with Gasteiger partial charge in [0.2, 0.25) is 0 Å². The Morgan fingerprint density at radius 2 is 1.67 bits per heavy atom. The molecule has 2 aromatic rings. The molecule has 6 heteroatoms. The zero-order chi connectivity index (χ0) is 13.0. The van der Waals surface area contributed by atoms with Crippen LogP contribution in [0.4, 0.5) is 10.1 Å². The lowest BCUT2D eigenvalue weighted by atomic mass is 10.3. The van der Waals surface area contributed by atoms with E-state index in [1.54, 1.807) is 24.5 Å². The van der Waals surface area contributed by atoms with Gasteiger partial charge < -0.3 is 0 Å². The number of hydrogen-bond donors (Lipinski definition) is 0. The average molecular weight is 373 g/mol. The van der Waals surface area contributed by atoms with Crippen LogP contribution < -0.4 is 0 Å². The molecular formula is C12H8Br2FN3. The number of aromatic nitrogens is 1. The van der Waals surface area contributed by atoms with Crippen molar-refractivity contribution >= 4 is 37.5 Å². The Kier molecular flexibility index (Phi) is 4.54. The van der Waals surface area contributed by atoms with E-state index in [0.29, 0.717) is 12.2 Å². The lowest BCUT2D eigenvalue weighted by molar-refractivity contribution is 0.628. The van der Waals surface area contributed by atoms with Crippen LogP contribution in [0.2, 0.25) is 0 Å². The van der Waals surface area contributed by atoms with Crippen LogP contribution in [-0.2, 0) is 6.54 Å². The third kappa shape index (κ3) is 3.43. The van der Waals surface area contributed by atoms with Crippen molar-refractivity contribution in [3.8, 4) is 0 Å². The van der Waals surface area contributed by atoms with Crippen LogP contribution in [0, 0.1) is 5.82 Å². The Balaban J connectivity index is 2.09. The minimum Gasteiger partial charge on any atom is -0.262 e. The highest BCUT2D eigenvalue weighted by atomic mass is 79.9. The van der Waals surface area contributed by atoms with E-state index in [9.17, 15) is 4.39 Å². The molecule has 3 nitrogen and oxygen atoms in total. The Morgan fingerprint density at radius 3 is 2.28 bits per heavy atom. The van der Waals surface area contributed by atoms with Crippen LogP contribution in [0.5, 0.6) is 0 Å². The summed E-state index contributed by atoms with van der Waals surface area (Å²) in [7, 11) is 0. The summed E-state index contributed by atoms with van der Waals surface area (Å²) in [5, 5.41) is 8.10. The van der Waals surface area contributed by atoms with Gasteiger partial charge >= 0.3 is 0 Å². The molecule has 0 aliphatic heterocycles. The maximum absolute atomic E-state index is 12.7. The monoisotopic (exact) mass is 371 g/mol. The highest BCUT2D eigenvalue weighted by Gasteiger charge is 2.04. The lowest BCUT2D eigenvalue weighted by Crippen LogP contribution is -1.87. The van der Waals surface area contributed by atoms with Gasteiger partial charge in [-0.05, 0) is 56.1 Å². The molecule has 0 fully saturated rings. The van der Waals surface area contributed by atoms with E-state index in [1.807, 2.05) is 0 Å². The fourth-order valence-corrected chi connectivity index (χ4v) is 2.46. The molecule has 0 bridgehead atoms. The summed E-state index contributed by atoms with van der Waals surface area (Å²) in [6, 6.07) is 5.87. The number of halogens is 3. The lowest BCUT2D eigenvalue weighted by Gasteiger charge is -2.02. The predicted molar refractivity (Wildman–Crippen MR) is 74.3 cm³/mol. The first kappa shape index (κ1) is 13.3. The molecule has 92 valence electrons. The van der Waals surface area contributed by atoms with E-state index in [1.165, 1.54) is 12.1 Å². The van der Waals surface area contributed by atoms with Crippen molar-refractivity contribution in [2.24, 2.45) is 10.2 Å². The fraction of sp³-hybridized carbons (Fsp3) is 0.0833. The van der Waals surface area contributed by atoms with Crippen molar-refractivity contribution in [1.29, 1.82) is 0 Å². The molecule has 0 radical (unpaired) electrons. The summed E-state index contributed by atoms with van der Waals surface area (Å²) in [6.07, 6.45) is 3.40. The number of azo groups is 1. The number of pyridine rings is 1. The molecule has 0 N–H and O–H groups in total. The third-order valence-electron chi connectivity index (χ3n) is 2.19. The molecule has 1 heterocycles.